The van der Waals surface area contributed by atoms with Crippen LogP contribution in [0.5, 0.6) is 0 Å². The summed E-state index contributed by atoms with van der Waals surface area (Å²) in [6.07, 6.45) is 0. The Hall–Kier alpha value is -1.68. The number of hydrogen-bond acceptors (Lipinski definition) is 3. The molecule has 124 valence electrons. The number of benzene rings is 2. The molecular weight excluding hydrogens is 282 g/mol. The van der Waals surface area contributed by atoms with Crippen LogP contribution in [0.4, 0.5) is 0 Å². The number of nitrogens with two attached hydrogens (primary N) is 2. The van der Waals surface area contributed by atoms with Gasteiger partial charge < -0.3 is 16.8 Å². The fraction of sp³-hybridized carbons (Fsp3) is 0.400. The van der Waals surface area contributed by atoms with Crippen LogP contribution >= 0.6 is 0 Å². The van der Waals surface area contributed by atoms with E-state index in [1.54, 1.807) is 0 Å². The lowest BCUT2D eigenvalue weighted by atomic mass is 9.95. The highest BCUT2D eigenvalue weighted by Gasteiger charge is 2.14. The maximum absolute atomic E-state index is 6.38. The smallest absolute Gasteiger partial charge is 0.0427 e. The van der Waals surface area contributed by atoms with Gasteiger partial charge in [0.1, 0.15) is 0 Å². The van der Waals surface area contributed by atoms with Crippen LogP contribution in [-0.4, -0.2) is 13.1 Å². The molecule has 0 amide bonds. The molecule has 2 aromatic carbocycles. The zero-order valence-corrected chi connectivity index (χ0v) is 14.7. The van der Waals surface area contributed by atoms with Crippen LogP contribution in [0, 0.1) is 27.7 Å². The van der Waals surface area contributed by atoms with Gasteiger partial charge in [0.25, 0.3) is 0 Å². The molecule has 0 bridgehead atoms. The second kappa shape index (κ2) is 7.73. The normalized spacial score (nSPS) is 13.8. The lowest BCUT2D eigenvalue weighted by molar-refractivity contribution is 0.548. The van der Waals surface area contributed by atoms with E-state index < -0.39 is 0 Å². The first-order chi connectivity index (χ1) is 10.9. The second-order valence-corrected chi connectivity index (χ2v) is 6.48. The molecule has 0 aliphatic carbocycles. The van der Waals surface area contributed by atoms with Crippen molar-refractivity contribution in [3.63, 3.8) is 0 Å². The molecule has 2 rings (SSSR count). The summed E-state index contributed by atoms with van der Waals surface area (Å²) < 4.78 is 0. The van der Waals surface area contributed by atoms with Crippen LogP contribution in [0.3, 0.4) is 0 Å². The Bertz CT molecular complexity index is 566. The van der Waals surface area contributed by atoms with Crippen molar-refractivity contribution < 1.29 is 0 Å². The molecule has 2 unspecified atom stereocenters. The van der Waals surface area contributed by atoms with Crippen LogP contribution in [0.2, 0.25) is 0 Å². The van der Waals surface area contributed by atoms with Gasteiger partial charge >= 0.3 is 0 Å². The molecule has 0 radical (unpaired) electrons. The summed E-state index contributed by atoms with van der Waals surface area (Å²) in [6, 6.07) is 12.6. The third-order valence-corrected chi connectivity index (χ3v) is 4.55. The van der Waals surface area contributed by atoms with Crippen LogP contribution in [0.25, 0.3) is 0 Å². The van der Waals surface area contributed by atoms with E-state index in [4.69, 9.17) is 11.5 Å². The summed E-state index contributed by atoms with van der Waals surface area (Å²) in [6.45, 7) is 9.92. The highest BCUT2D eigenvalue weighted by atomic mass is 14.9. The Morgan fingerprint density at radius 2 is 1.00 bits per heavy atom. The van der Waals surface area contributed by atoms with E-state index in [-0.39, 0.29) is 12.1 Å². The number of aryl methyl sites for hydroxylation is 4. The minimum Gasteiger partial charge on any atom is -0.323 e. The quantitative estimate of drug-likeness (QED) is 0.767. The minimum atomic E-state index is -0.0126. The van der Waals surface area contributed by atoms with Crippen molar-refractivity contribution >= 4 is 0 Å². The van der Waals surface area contributed by atoms with E-state index in [9.17, 15) is 0 Å². The maximum atomic E-state index is 6.38. The Balaban J connectivity index is 1.97. The van der Waals surface area contributed by atoms with Gasteiger partial charge in [-0.05, 0) is 61.1 Å². The number of rotatable bonds is 6. The van der Waals surface area contributed by atoms with E-state index in [2.05, 4.69) is 69.4 Å². The maximum Gasteiger partial charge on any atom is 0.0427 e. The van der Waals surface area contributed by atoms with Crippen molar-refractivity contribution in [1.82, 2.24) is 5.32 Å². The average Bonchev–Trinajstić information content (AvgIpc) is 2.46. The zero-order valence-electron chi connectivity index (χ0n) is 14.7. The van der Waals surface area contributed by atoms with Gasteiger partial charge in [-0.1, -0.05) is 36.4 Å². The summed E-state index contributed by atoms with van der Waals surface area (Å²) in [5.41, 5.74) is 20.2. The molecule has 3 heteroatoms. The van der Waals surface area contributed by atoms with Crippen molar-refractivity contribution in [1.29, 1.82) is 0 Å². The second-order valence-electron chi connectivity index (χ2n) is 6.48. The molecule has 0 aliphatic rings. The topological polar surface area (TPSA) is 64.1 Å². The van der Waals surface area contributed by atoms with Crippen LogP contribution < -0.4 is 16.8 Å². The van der Waals surface area contributed by atoms with E-state index in [0.29, 0.717) is 0 Å². The molecule has 3 nitrogen and oxygen atoms in total. The van der Waals surface area contributed by atoms with Gasteiger partial charge in [-0.15, -0.1) is 0 Å². The average molecular weight is 311 g/mol. The van der Waals surface area contributed by atoms with Crippen molar-refractivity contribution in [3.8, 4) is 0 Å². The SMILES string of the molecule is Cc1cccc(C)c1C(N)CNCC(N)c1c(C)cccc1C. The third-order valence-electron chi connectivity index (χ3n) is 4.55. The third kappa shape index (κ3) is 4.20. The molecule has 0 saturated carbocycles. The number of hydrogen-bond donors (Lipinski definition) is 3. The van der Waals surface area contributed by atoms with Crippen LogP contribution in [0.15, 0.2) is 36.4 Å². The van der Waals surface area contributed by atoms with Gasteiger partial charge in [-0.2, -0.15) is 0 Å². The van der Waals surface area contributed by atoms with Gasteiger partial charge in [0.05, 0.1) is 0 Å². The van der Waals surface area contributed by atoms with E-state index in [0.717, 1.165) is 13.1 Å². The van der Waals surface area contributed by atoms with Crippen molar-refractivity contribution in [2.45, 2.75) is 39.8 Å². The standard InChI is InChI=1S/C20H29N3/c1-13-7-5-8-14(2)19(13)17(21)11-23-12-18(22)20-15(3)9-6-10-16(20)4/h5-10,17-18,23H,11-12,21-22H2,1-4H3. The molecule has 0 fully saturated rings. The van der Waals surface area contributed by atoms with Gasteiger partial charge in [0.2, 0.25) is 0 Å². The molecule has 0 saturated heterocycles. The monoisotopic (exact) mass is 311 g/mol. The molecule has 5 N–H and O–H groups in total. The zero-order chi connectivity index (χ0) is 17.0. The Kier molecular flexibility index (Phi) is 5.94. The van der Waals surface area contributed by atoms with Gasteiger partial charge in [-0.3, -0.25) is 0 Å². The van der Waals surface area contributed by atoms with Gasteiger partial charge in [0.15, 0.2) is 0 Å². The minimum absolute atomic E-state index is 0.0126. The molecule has 0 aliphatic heterocycles. The van der Waals surface area contributed by atoms with Crippen LogP contribution in [-0.2, 0) is 0 Å². The van der Waals surface area contributed by atoms with Gasteiger partial charge in [-0.25, -0.2) is 0 Å². The predicted molar refractivity (Wildman–Crippen MR) is 98.6 cm³/mol. The molecule has 2 atom stereocenters. The summed E-state index contributed by atoms with van der Waals surface area (Å²) in [4.78, 5) is 0. The fourth-order valence-electron chi connectivity index (χ4n) is 3.42. The Labute approximate surface area is 140 Å². The summed E-state index contributed by atoms with van der Waals surface area (Å²) in [5.74, 6) is 0. The van der Waals surface area contributed by atoms with Crippen molar-refractivity contribution in [2.75, 3.05) is 13.1 Å². The molecule has 0 aromatic heterocycles. The lowest BCUT2D eigenvalue weighted by Crippen LogP contribution is -2.34. The van der Waals surface area contributed by atoms with Gasteiger partial charge in [0, 0.05) is 25.2 Å². The van der Waals surface area contributed by atoms with E-state index in [1.807, 2.05) is 0 Å². The molecule has 2 aromatic rings. The van der Waals surface area contributed by atoms with Crippen LogP contribution in [0.1, 0.15) is 45.5 Å². The lowest BCUT2D eigenvalue weighted by Gasteiger charge is -2.21. The largest absolute Gasteiger partial charge is 0.323 e. The molecule has 23 heavy (non-hydrogen) atoms. The summed E-state index contributed by atoms with van der Waals surface area (Å²) >= 11 is 0. The molecular formula is C20H29N3. The van der Waals surface area contributed by atoms with Crippen molar-refractivity contribution in [3.05, 3.63) is 69.8 Å². The highest BCUT2D eigenvalue weighted by molar-refractivity contribution is 5.37. The molecule has 0 spiro atoms. The number of nitrogens with one attached hydrogen (secondary N) is 1. The van der Waals surface area contributed by atoms with E-state index in [1.165, 1.54) is 33.4 Å². The van der Waals surface area contributed by atoms with E-state index >= 15 is 0 Å². The fourth-order valence-corrected chi connectivity index (χ4v) is 3.42. The predicted octanol–water partition coefficient (Wildman–Crippen LogP) is 3.21. The highest BCUT2D eigenvalue weighted by Crippen LogP contribution is 2.21. The van der Waals surface area contributed by atoms with Crippen molar-refractivity contribution in [2.24, 2.45) is 11.5 Å². The Morgan fingerprint density at radius 1 is 0.696 bits per heavy atom. The first kappa shape index (κ1) is 17.7. The Morgan fingerprint density at radius 3 is 1.30 bits per heavy atom. The molecule has 0 heterocycles. The summed E-state index contributed by atoms with van der Waals surface area (Å²) in [5, 5.41) is 3.44. The summed E-state index contributed by atoms with van der Waals surface area (Å²) in [7, 11) is 0. The first-order valence-corrected chi connectivity index (χ1v) is 8.26. The first-order valence-electron chi connectivity index (χ1n) is 8.26.